The van der Waals surface area contributed by atoms with Gasteiger partial charge in [0.1, 0.15) is 5.82 Å². The van der Waals surface area contributed by atoms with Crippen LogP contribution < -0.4 is 16.7 Å². The van der Waals surface area contributed by atoms with Gasteiger partial charge in [-0.05, 0) is 46.2 Å². The second kappa shape index (κ2) is 8.39. The number of halogens is 1. The zero-order valence-electron chi connectivity index (χ0n) is 16.0. The van der Waals surface area contributed by atoms with Crippen molar-refractivity contribution in [1.29, 1.82) is 0 Å². The molecule has 1 heterocycles. The zero-order valence-corrected chi connectivity index (χ0v) is 16.7. The predicted molar refractivity (Wildman–Crippen MR) is 119 cm³/mol. The van der Waals surface area contributed by atoms with Gasteiger partial charge >= 0.3 is 5.69 Å². The lowest BCUT2D eigenvalue weighted by Crippen LogP contribution is -2.22. The highest BCUT2D eigenvalue weighted by atomic mass is 35.5. The average molecular weight is 419 g/mol. The van der Waals surface area contributed by atoms with Gasteiger partial charge in [0.05, 0.1) is 0 Å². The van der Waals surface area contributed by atoms with Crippen molar-refractivity contribution in [2.75, 3.05) is 5.73 Å². The fourth-order valence-corrected chi connectivity index (χ4v) is 3.52. The van der Waals surface area contributed by atoms with Gasteiger partial charge in [-0.15, -0.1) is 0 Å². The minimum atomic E-state index is -0.465. The van der Waals surface area contributed by atoms with E-state index in [0.717, 1.165) is 27.5 Å². The normalized spacial score (nSPS) is 10.8. The van der Waals surface area contributed by atoms with Crippen LogP contribution in [0.25, 0.3) is 10.8 Å². The van der Waals surface area contributed by atoms with Gasteiger partial charge in [-0.2, -0.15) is 4.98 Å². The highest BCUT2D eigenvalue weighted by Crippen LogP contribution is 2.26. The Hall–Kier alpha value is -3.64. The number of H-pyrrole nitrogens is 1. The van der Waals surface area contributed by atoms with Gasteiger partial charge in [0.2, 0.25) is 0 Å². The van der Waals surface area contributed by atoms with Crippen molar-refractivity contribution >= 4 is 34.1 Å². The summed E-state index contributed by atoms with van der Waals surface area (Å²) >= 11 is 5.88. The molecule has 4 N–H and O–H groups in total. The van der Waals surface area contributed by atoms with E-state index in [1.165, 1.54) is 0 Å². The Balaban J connectivity index is 1.59. The van der Waals surface area contributed by atoms with Crippen molar-refractivity contribution in [2.24, 2.45) is 0 Å². The molecule has 0 atom stereocenters. The first-order valence-electron chi connectivity index (χ1n) is 9.38. The van der Waals surface area contributed by atoms with Crippen LogP contribution in [0.3, 0.4) is 0 Å². The third-order valence-corrected chi connectivity index (χ3v) is 5.20. The number of amides is 1. The summed E-state index contributed by atoms with van der Waals surface area (Å²) in [7, 11) is 0. The Morgan fingerprint density at radius 3 is 2.33 bits per heavy atom. The molecule has 4 rings (SSSR count). The van der Waals surface area contributed by atoms with Crippen LogP contribution in [-0.4, -0.2) is 15.9 Å². The van der Waals surface area contributed by atoms with Gasteiger partial charge in [0.15, 0.2) is 0 Å². The van der Waals surface area contributed by atoms with Gasteiger partial charge in [-0.3, -0.25) is 4.79 Å². The summed E-state index contributed by atoms with van der Waals surface area (Å²) in [6.45, 7) is 0.393. The van der Waals surface area contributed by atoms with E-state index < -0.39 is 5.69 Å². The number of fused-ring (bicyclic) bond motifs is 1. The highest BCUT2D eigenvalue weighted by Gasteiger charge is 2.11. The molecule has 150 valence electrons. The maximum absolute atomic E-state index is 12.4. The molecule has 4 aromatic rings. The number of hydrogen-bond donors (Lipinski definition) is 3. The van der Waals surface area contributed by atoms with Crippen LogP contribution in [0.5, 0.6) is 0 Å². The number of nitrogen functional groups attached to an aromatic ring is 1. The second-order valence-electron chi connectivity index (χ2n) is 6.91. The topological polar surface area (TPSA) is 101 Å². The Morgan fingerprint density at radius 1 is 0.967 bits per heavy atom. The Morgan fingerprint density at radius 2 is 1.63 bits per heavy atom. The standard InChI is InChI=1S/C23H19ClN4O2/c24-18-9-7-14(8-10-18)22(29)26-12-16-6-5-15(19-3-1-2-4-20(16)19)11-17-13-27-23(30)28-21(17)25/h1-10,13H,11-12H2,(H,26,29)(H3,25,27,28,30). The van der Waals surface area contributed by atoms with Crippen LogP contribution in [0, 0.1) is 0 Å². The minimum Gasteiger partial charge on any atom is -0.383 e. The van der Waals surface area contributed by atoms with Crippen molar-refractivity contribution in [3.63, 3.8) is 0 Å². The van der Waals surface area contributed by atoms with Gasteiger partial charge in [0, 0.05) is 35.3 Å². The molecular weight excluding hydrogens is 400 g/mol. The van der Waals surface area contributed by atoms with E-state index in [1.807, 2.05) is 36.4 Å². The quantitative estimate of drug-likeness (QED) is 0.460. The first-order chi connectivity index (χ1) is 14.5. The summed E-state index contributed by atoms with van der Waals surface area (Å²) in [5.41, 5.74) is 8.81. The van der Waals surface area contributed by atoms with E-state index >= 15 is 0 Å². The van der Waals surface area contributed by atoms with Gasteiger partial charge in [0.25, 0.3) is 5.91 Å². The third-order valence-electron chi connectivity index (χ3n) is 4.95. The molecule has 0 saturated carbocycles. The lowest BCUT2D eigenvalue weighted by atomic mass is 9.95. The Bertz CT molecular complexity index is 1280. The SMILES string of the molecule is Nc1nc(=O)[nH]cc1Cc1ccc(CNC(=O)c2ccc(Cl)cc2)c2ccccc12. The van der Waals surface area contributed by atoms with Crippen molar-refractivity contribution in [1.82, 2.24) is 15.3 Å². The molecule has 1 amide bonds. The summed E-state index contributed by atoms with van der Waals surface area (Å²) in [6.07, 6.45) is 2.13. The molecule has 7 heteroatoms. The summed E-state index contributed by atoms with van der Waals surface area (Å²) in [6, 6.07) is 18.8. The van der Waals surface area contributed by atoms with Crippen LogP contribution in [-0.2, 0) is 13.0 Å². The van der Waals surface area contributed by atoms with Crippen LogP contribution in [0.2, 0.25) is 5.02 Å². The van der Waals surface area contributed by atoms with Crippen LogP contribution in [0.15, 0.2) is 71.7 Å². The van der Waals surface area contributed by atoms with Crippen molar-refractivity contribution in [3.8, 4) is 0 Å². The van der Waals surface area contributed by atoms with E-state index in [2.05, 4.69) is 15.3 Å². The maximum Gasteiger partial charge on any atom is 0.346 e. The molecule has 0 fully saturated rings. The number of nitrogens with two attached hydrogens (primary N) is 1. The summed E-state index contributed by atoms with van der Waals surface area (Å²) in [5.74, 6) is 0.0639. The lowest BCUT2D eigenvalue weighted by molar-refractivity contribution is 0.0951. The van der Waals surface area contributed by atoms with Crippen LogP contribution in [0.4, 0.5) is 5.82 Å². The van der Waals surface area contributed by atoms with Crippen LogP contribution in [0.1, 0.15) is 27.0 Å². The van der Waals surface area contributed by atoms with E-state index in [0.29, 0.717) is 23.6 Å². The lowest BCUT2D eigenvalue weighted by Gasteiger charge is -2.13. The molecule has 0 saturated heterocycles. The number of benzene rings is 3. The highest BCUT2D eigenvalue weighted by molar-refractivity contribution is 6.30. The first-order valence-corrected chi connectivity index (χ1v) is 9.76. The summed E-state index contributed by atoms with van der Waals surface area (Å²) < 4.78 is 0. The molecule has 0 aliphatic carbocycles. The number of aromatic amines is 1. The number of rotatable bonds is 5. The third kappa shape index (κ3) is 4.18. The molecule has 3 aromatic carbocycles. The molecule has 0 unspecified atom stereocenters. The Labute approximate surface area is 177 Å². The number of aromatic nitrogens is 2. The largest absolute Gasteiger partial charge is 0.383 e. The molecule has 1 aromatic heterocycles. The van der Waals surface area contributed by atoms with Crippen molar-refractivity contribution in [2.45, 2.75) is 13.0 Å². The Kier molecular flexibility index (Phi) is 5.50. The van der Waals surface area contributed by atoms with Crippen molar-refractivity contribution in [3.05, 3.63) is 105 Å². The zero-order chi connectivity index (χ0) is 21.1. The number of anilines is 1. The summed E-state index contributed by atoms with van der Waals surface area (Å²) in [4.78, 5) is 30.1. The maximum atomic E-state index is 12.4. The molecule has 0 aliphatic heterocycles. The molecule has 30 heavy (non-hydrogen) atoms. The van der Waals surface area contributed by atoms with Gasteiger partial charge in [-0.1, -0.05) is 48.0 Å². The fraction of sp³-hybridized carbons (Fsp3) is 0.0870. The second-order valence-corrected chi connectivity index (χ2v) is 7.35. The molecule has 0 aliphatic rings. The smallest absolute Gasteiger partial charge is 0.346 e. The number of carbonyl (C=O) groups excluding carboxylic acids is 1. The number of hydrogen-bond acceptors (Lipinski definition) is 4. The molecule has 0 radical (unpaired) electrons. The number of nitrogens with one attached hydrogen (secondary N) is 2. The van der Waals surface area contributed by atoms with E-state index in [-0.39, 0.29) is 11.7 Å². The van der Waals surface area contributed by atoms with Gasteiger partial charge < -0.3 is 16.0 Å². The first kappa shape index (κ1) is 19.7. The van der Waals surface area contributed by atoms with Crippen molar-refractivity contribution < 1.29 is 4.79 Å². The fourth-order valence-electron chi connectivity index (χ4n) is 3.39. The average Bonchev–Trinajstić information content (AvgIpc) is 2.75. The molecule has 0 bridgehead atoms. The molecule has 6 nitrogen and oxygen atoms in total. The van der Waals surface area contributed by atoms with Crippen LogP contribution >= 0.6 is 11.6 Å². The van der Waals surface area contributed by atoms with Gasteiger partial charge in [-0.25, -0.2) is 4.79 Å². The molecule has 0 spiro atoms. The van der Waals surface area contributed by atoms with E-state index in [1.54, 1.807) is 30.5 Å². The number of nitrogens with zero attached hydrogens (tertiary/aromatic N) is 1. The predicted octanol–water partition coefficient (Wildman–Crippen LogP) is 3.68. The van der Waals surface area contributed by atoms with E-state index in [4.69, 9.17) is 17.3 Å². The minimum absolute atomic E-state index is 0.160. The summed E-state index contributed by atoms with van der Waals surface area (Å²) in [5, 5.41) is 5.65. The monoisotopic (exact) mass is 418 g/mol. The van der Waals surface area contributed by atoms with E-state index in [9.17, 15) is 9.59 Å². The molecular formula is C23H19ClN4O2. The number of carbonyl (C=O) groups is 1.